The summed E-state index contributed by atoms with van der Waals surface area (Å²) in [7, 11) is 1.91. The Kier molecular flexibility index (Phi) is 72.0. The second-order valence-electron chi connectivity index (χ2n) is 27.8. The highest BCUT2D eigenvalue weighted by Gasteiger charge is 2.22. The topological polar surface area (TPSA) is 198 Å². The molecule has 0 aliphatic heterocycles. The van der Waals surface area contributed by atoms with Gasteiger partial charge in [0.2, 0.25) is 23.6 Å². The maximum atomic E-state index is 13.1. The van der Waals surface area contributed by atoms with Gasteiger partial charge < -0.3 is 40.3 Å². The summed E-state index contributed by atoms with van der Waals surface area (Å²) in [6, 6.07) is -1.08. The summed E-state index contributed by atoms with van der Waals surface area (Å²) in [6.07, 6.45) is 61.3. The van der Waals surface area contributed by atoms with Crippen molar-refractivity contribution in [2.45, 2.75) is 438 Å². The molecule has 14 nitrogen and oxygen atoms in total. The third kappa shape index (κ3) is 72.5. The molecule has 6 atom stereocenters. The third-order valence-electron chi connectivity index (χ3n) is 18.1. The molecule has 0 rings (SSSR count). The fraction of sp³-hybridized carbons (Fsp3) is 0.923. The number of nitrogens with one attached hydrogen (secondary N) is 4. The van der Waals surface area contributed by atoms with Gasteiger partial charge in [0.05, 0.1) is 46.9 Å². The number of carbonyl (C=O) groups is 6. The predicted octanol–water partition coefficient (Wildman–Crippen LogP) is 19.5. The number of hydrogen-bond donors (Lipinski definition) is 5. The van der Waals surface area contributed by atoms with Crippen LogP contribution in [0.5, 0.6) is 0 Å². The van der Waals surface area contributed by atoms with Gasteiger partial charge in [0.1, 0.15) is 20.7 Å². The molecule has 0 bridgehead atoms. The van der Waals surface area contributed by atoms with Gasteiger partial charge in [-0.3, -0.25) is 28.8 Å². The van der Waals surface area contributed by atoms with Gasteiger partial charge in [-0.1, -0.05) is 324 Å². The second-order valence-corrected chi connectivity index (χ2v) is 30.3. The van der Waals surface area contributed by atoms with E-state index >= 15 is 0 Å². The van der Waals surface area contributed by atoms with Crippen LogP contribution in [-0.2, 0) is 42.7 Å². The van der Waals surface area contributed by atoms with E-state index in [1.165, 1.54) is 199 Å². The largest absolute Gasteiger partial charge is 0.462 e. The van der Waals surface area contributed by atoms with Crippen molar-refractivity contribution in [3.8, 4) is 0 Å². The number of esters is 2. The smallest absolute Gasteiger partial charge is 0.306 e. The molecule has 0 saturated carbocycles. The average molecular weight is 1380 g/mol. The maximum Gasteiger partial charge on any atom is 0.306 e. The summed E-state index contributed by atoms with van der Waals surface area (Å²) in [5.41, 5.74) is 0. The lowest BCUT2D eigenvalue weighted by Gasteiger charge is -2.22. The van der Waals surface area contributed by atoms with Crippen LogP contribution in [0.15, 0.2) is 0 Å². The maximum absolute atomic E-state index is 13.1. The van der Waals surface area contributed by atoms with Gasteiger partial charge in [0.25, 0.3) is 0 Å². The Morgan fingerprint density at radius 3 is 0.926 bits per heavy atom. The predicted molar refractivity (Wildman–Crippen MR) is 407 cm³/mol. The molecule has 5 N–H and O–H groups in total. The number of aliphatic hydroxyl groups excluding tert-OH is 1. The Hall–Kier alpha value is -2.55. The van der Waals surface area contributed by atoms with Crippen molar-refractivity contribution in [1.29, 1.82) is 2.51 Å². The van der Waals surface area contributed by atoms with Crippen LogP contribution in [0.2, 0.25) is 0 Å². The Balaban J connectivity index is 0. The summed E-state index contributed by atoms with van der Waals surface area (Å²) < 4.78 is 32.8. The summed E-state index contributed by atoms with van der Waals surface area (Å²) in [5, 5.41) is 21.3. The molecule has 0 aliphatic carbocycles. The van der Waals surface area contributed by atoms with Crippen LogP contribution in [0.3, 0.4) is 0 Å². The normalized spacial score (nSPS) is 13.6. The molecule has 0 aromatic rings. The zero-order valence-corrected chi connectivity index (χ0v) is 64.8. The SMILES string of the molecule is CCCCCCCCCCCCCC(=O)N[C@@H](CO)CNC(=O)C[C@@H](CCCCCCC)OC(=O)CCCCCCCCCCC.[2H][Si]([B])(OC[C@@H](CNC(=O)C[C@@H](CCCCCCC)OC(=O)CCCCCCCCCCC)NC(=O)CCCCCCCCCCCCC)P[3H]. The van der Waals surface area contributed by atoms with Gasteiger partial charge in [-0.05, 0) is 51.4 Å². The molecule has 2 radical (unpaired) electrons. The van der Waals surface area contributed by atoms with Gasteiger partial charge in [-0.15, -0.1) is 8.73 Å². The molecule has 95 heavy (non-hydrogen) atoms. The number of aliphatic hydroxyl groups is 1. The monoisotopic (exact) mass is 1380 g/mol. The summed E-state index contributed by atoms with van der Waals surface area (Å²) in [6.45, 7) is 13.3. The molecule has 4 amide bonds. The van der Waals surface area contributed by atoms with Crippen LogP contribution in [0.1, 0.15) is 414 Å². The van der Waals surface area contributed by atoms with Gasteiger partial charge in [0, 0.05) is 40.0 Å². The molecule has 0 spiro atoms. The fourth-order valence-corrected chi connectivity index (χ4v) is 12.7. The summed E-state index contributed by atoms with van der Waals surface area (Å²) in [4.78, 5) is 76.4. The quantitative estimate of drug-likeness (QED) is 0.0169. The molecule has 0 fully saturated rings. The summed E-state index contributed by atoms with van der Waals surface area (Å²) >= 11 is 0. The van der Waals surface area contributed by atoms with Gasteiger partial charge in [-0.25, -0.2) is 0 Å². The van der Waals surface area contributed by atoms with E-state index in [-0.39, 0.29) is 74.7 Å². The Bertz CT molecular complexity index is 1800. The first kappa shape index (κ1) is 90.5. The number of ether oxygens (including phenoxy) is 2. The minimum atomic E-state index is -3.38. The number of hydrogen-bond acceptors (Lipinski definition) is 10. The van der Waals surface area contributed by atoms with Crippen LogP contribution in [0.25, 0.3) is 0 Å². The highest BCUT2D eigenvalue weighted by Crippen LogP contribution is 2.20. The molecule has 17 heteroatoms. The average Bonchev–Trinajstić information content (AvgIpc) is 1.21. The minimum Gasteiger partial charge on any atom is -0.462 e. The van der Waals surface area contributed by atoms with Crippen molar-refractivity contribution in [2.75, 3.05) is 26.3 Å². The molecule has 0 aromatic heterocycles. The molecule has 2 unspecified atom stereocenters. The first-order valence-electron chi connectivity index (χ1n) is 41.4. The zero-order chi connectivity index (χ0) is 71.8. The highest BCUT2D eigenvalue weighted by molar-refractivity contribution is 7.70. The number of unbranched alkanes of at least 4 members (excludes halogenated alkanes) is 44. The first-order chi connectivity index (χ1) is 47.1. The van der Waals surface area contributed by atoms with E-state index in [4.69, 9.17) is 23.9 Å². The van der Waals surface area contributed by atoms with E-state index in [2.05, 4.69) is 62.8 Å². The fourth-order valence-electron chi connectivity index (χ4n) is 12.0. The molecule has 0 saturated heterocycles. The summed E-state index contributed by atoms with van der Waals surface area (Å²) in [5.74, 6) is -1.12. The first-order valence-corrected chi connectivity index (χ1v) is 43.4. The molecule has 0 aromatic carbocycles. The standard InChI is InChI=1S/C39H78BN2O5PSi.C39H76N2O5/c1-4-7-10-13-15-17-18-20-21-24-27-30-37(43)42-35(34-46-49(40)48)33-41-38(44)32-36(29-26-23-12-9-6-3)47-39(45)31-28-25-22-19-16-14-11-8-5-2;1-4-7-10-13-15-17-18-20-21-24-27-30-37(43)41-35(34-42)33-40-38(44)32-36(29-26-23-12-9-6-3)46-39(45)31-28-25-22-19-16-14-11-8-5-2/h35-36,49H,4-34,48H2,1-3H3,(H,41,44)(H,42,43);35-36,42H,4-34H2,1-3H3,(H,40,44)(H,41,43)/t35-,36-,49?;35-,36-/m11/s1/i48T,49D;/t35-,36-,48?,49?;. The van der Waals surface area contributed by atoms with Crippen molar-refractivity contribution in [3.05, 3.63) is 0 Å². The lowest BCUT2D eigenvalue weighted by molar-refractivity contribution is -0.152. The van der Waals surface area contributed by atoms with Crippen LogP contribution in [0.4, 0.5) is 0 Å². The molecular formula is C78H154BN4O10PSi. The molecular weight excluding hydrogens is 1220 g/mol. The van der Waals surface area contributed by atoms with Crippen molar-refractivity contribution < 1.29 is 47.8 Å². The second kappa shape index (κ2) is 75.6. The Morgan fingerprint density at radius 1 is 0.389 bits per heavy atom. The third-order valence-corrected chi connectivity index (χ3v) is 19.1. The van der Waals surface area contributed by atoms with Crippen LogP contribution in [0, 0.1) is 0 Å². The lowest BCUT2D eigenvalue weighted by atomic mass is 10.0. The zero-order valence-electron chi connectivity index (χ0n) is 64.8. The van der Waals surface area contributed by atoms with Gasteiger partial charge in [-0.2, -0.15) is 0 Å². The Morgan fingerprint density at radius 2 is 0.642 bits per heavy atom. The molecule has 0 heterocycles. The molecule has 0 aliphatic rings. The van der Waals surface area contributed by atoms with Crippen molar-refractivity contribution in [3.63, 3.8) is 0 Å². The van der Waals surface area contributed by atoms with E-state index in [9.17, 15) is 33.9 Å². The minimum absolute atomic E-state index is 0.0308. The van der Waals surface area contributed by atoms with Crippen molar-refractivity contribution in [2.24, 2.45) is 0 Å². The van der Waals surface area contributed by atoms with E-state index in [1.807, 2.05) is 0 Å². The van der Waals surface area contributed by atoms with Crippen LogP contribution < -0.4 is 21.3 Å². The Labute approximate surface area is 593 Å². The van der Waals surface area contributed by atoms with Gasteiger partial charge >= 0.3 is 11.9 Å². The lowest BCUT2D eigenvalue weighted by Crippen LogP contribution is -2.47. The van der Waals surface area contributed by atoms with Crippen molar-refractivity contribution >= 4 is 60.2 Å². The van der Waals surface area contributed by atoms with E-state index in [1.54, 1.807) is 0 Å². The molecule has 558 valence electrons. The van der Waals surface area contributed by atoms with Gasteiger partial charge in [0.15, 0.2) is 0 Å². The highest BCUT2D eigenvalue weighted by atomic mass is 31.3. The van der Waals surface area contributed by atoms with Crippen molar-refractivity contribution in [1.82, 2.24) is 21.3 Å². The number of amides is 4. The number of rotatable bonds is 73. The van der Waals surface area contributed by atoms with Crippen LogP contribution in [-0.4, -0.2) is 110 Å². The van der Waals surface area contributed by atoms with E-state index in [0.29, 0.717) is 38.5 Å². The van der Waals surface area contributed by atoms with E-state index in [0.717, 1.165) is 122 Å². The van der Waals surface area contributed by atoms with Crippen LogP contribution >= 0.6 is 8.73 Å². The number of carbonyl (C=O) groups excluding carboxylic acids is 6. The van der Waals surface area contributed by atoms with E-state index < -0.39 is 41.5 Å².